The fourth-order valence-electron chi connectivity index (χ4n) is 2.40. The first kappa shape index (κ1) is 17.3. The summed E-state index contributed by atoms with van der Waals surface area (Å²) in [5, 5.41) is 15.3. The number of carbonyl (C=O) groups is 2. The van der Waals surface area contributed by atoms with Crippen molar-refractivity contribution in [3.8, 4) is 0 Å². The van der Waals surface area contributed by atoms with Crippen LogP contribution >= 0.6 is 0 Å². The second kappa shape index (κ2) is 7.46. The van der Waals surface area contributed by atoms with Crippen LogP contribution in [-0.4, -0.2) is 53.7 Å². The molecule has 0 aliphatic carbocycles. The van der Waals surface area contributed by atoms with Crippen LogP contribution in [0.5, 0.6) is 0 Å². The molecule has 126 valence electrons. The zero-order valence-corrected chi connectivity index (χ0v) is 13.8. The van der Waals surface area contributed by atoms with Crippen LogP contribution in [0.1, 0.15) is 36.2 Å². The van der Waals surface area contributed by atoms with Crippen molar-refractivity contribution in [1.29, 1.82) is 0 Å². The van der Waals surface area contributed by atoms with Gasteiger partial charge in [0.2, 0.25) is 0 Å². The van der Waals surface area contributed by atoms with Crippen LogP contribution in [0.2, 0.25) is 0 Å². The van der Waals surface area contributed by atoms with Crippen molar-refractivity contribution >= 4 is 11.9 Å². The Morgan fingerprint density at radius 1 is 1.35 bits per heavy atom. The maximum Gasteiger partial charge on any atom is 0.317 e. The largest absolute Gasteiger partial charge is 0.390 e. The van der Waals surface area contributed by atoms with E-state index in [2.05, 4.69) is 10.6 Å². The molecule has 0 radical (unpaired) electrons. The highest BCUT2D eigenvalue weighted by Gasteiger charge is 2.18. The Hall–Kier alpha value is -2.08. The molecular formula is C17H25N3O3. The Balaban J connectivity index is 1.77. The smallest absolute Gasteiger partial charge is 0.317 e. The molecule has 3 amide bonds. The van der Waals surface area contributed by atoms with Gasteiger partial charge in [-0.05, 0) is 44.4 Å². The number of nitrogens with zero attached hydrogens (tertiary/aromatic N) is 1. The second-order valence-corrected chi connectivity index (χ2v) is 6.48. The molecule has 1 saturated heterocycles. The molecule has 0 aromatic heterocycles. The van der Waals surface area contributed by atoms with Crippen molar-refractivity contribution in [3.05, 3.63) is 35.4 Å². The summed E-state index contributed by atoms with van der Waals surface area (Å²) < 4.78 is 0. The Morgan fingerprint density at radius 2 is 2.04 bits per heavy atom. The van der Waals surface area contributed by atoms with Gasteiger partial charge in [0.1, 0.15) is 0 Å². The average Bonchev–Trinajstić information content (AvgIpc) is 2.90. The number of urea groups is 1. The minimum absolute atomic E-state index is 0.0737. The van der Waals surface area contributed by atoms with E-state index in [1.165, 1.54) is 0 Å². The molecule has 23 heavy (non-hydrogen) atoms. The van der Waals surface area contributed by atoms with Crippen LogP contribution in [0.25, 0.3) is 0 Å². The SMILES string of the molecule is CC(C)(O)CCc1ccc(C(=O)NCCN2CCNC2=O)cc1. The lowest BCUT2D eigenvalue weighted by Gasteiger charge is -2.16. The van der Waals surface area contributed by atoms with Crippen molar-refractivity contribution in [2.75, 3.05) is 26.2 Å². The van der Waals surface area contributed by atoms with Gasteiger partial charge in [0.05, 0.1) is 5.60 Å². The van der Waals surface area contributed by atoms with E-state index >= 15 is 0 Å². The zero-order valence-electron chi connectivity index (χ0n) is 13.8. The third-order valence-electron chi connectivity index (χ3n) is 3.85. The van der Waals surface area contributed by atoms with E-state index in [0.717, 1.165) is 12.0 Å². The van der Waals surface area contributed by atoms with Crippen LogP contribution < -0.4 is 10.6 Å². The van der Waals surface area contributed by atoms with Gasteiger partial charge in [-0.25, -0.2) is 4.79 Å². The fraction of sp³-hybridized carbons (Fsp3) is 0.529. The van der Waals surface area contributed by atoms with E-state index < -0.39 is 5.60 Å². The highest BCUT2D eigenvalue weighted by Crippen LogP contribution is 2.13. The minimum Gasteiger partial charge on any atom is -0.390 e. The first-order valence-electron chi connectivity index (χ1n) is 7.97. The quantitative estimate of drug-likeness (QED) is 0.705. The standard InChI is InChI=1S/C17H25N3O3/c1-17(2,23)8-7-13-3-5-14(6-4-13)15(21)18-9-11-20-12-10-19-16(20)22/h3-6,23H,7-12H2,1-2H3,(H,18,21)(H,19,22). The van der Waals surface area contributed by atoms with Gasteiger partial charge in [-0.2, -0.15) is 0 Å². The second-order valence-electron chi connectivity index (χ2n) is 6.48. The number of rotatable bonds is 7. The normalized spacial score (nSPS) is 14.7. The molecule has 2 rings (SSSR count). The van der Waals surface area contributed by atoms with Crippen LogP contribution in [0.15, 0.2) is 24.3 Å². The van der Waals surface area contributed by atoms with E-state index in [1.807, 2.05) is 12.1 Å². The molecule has 1 heterocycles. The van der Waals surface area contributed by atoms with Crippen molar-refractivity contribution < 1.29 is 14.7 Å². The molecule has 6 nitrogen and oxygen atoms in total. The maximum absolute atomic E-state index is 12.1. The summed E-state index contributed by atoms with van der Waals surface area (Å²) in [4.78, 5) is 25.1. The lowest BCUT2D eigenvalue weighted by Crippen LogP contribution is -2.36. The fourth-order valence-corrected chi connectivity index (χ4v) is 2.40. The van der Waals surface area contributed by atoms with Crippen molar-refractivity contribution in [3.63, 3.8) is 0 Å². The molecule has 1 aromatic carbocycles. The van der Waals surface area contributed by atoms with Crippen LogP contribution in [0, 0.1) is 0 Å². The molecule has 0 bridgehead atoms. The van der Waals surface area contributed by atoms with E-state index in [4.69, 9.17) is 0 Å². The number of amides is 3. The molecule has 1 fully saturated rings. The number of aliphatic hydroxyl groups is 1. The van der Waals surface area contributed by atoms with Gasteiger partial charge >= 0.3 is 6.03 Å². The summed E-state index contributed by atoms with van der Waals surface area (Å²) in [5.74, 6) is -0.140. The Labute approximate surface area is 136 Å². The molecule has 1 aromatic rings. The summed E-state index contributed by atoms with van der Waals surface area (Å²) in [6, 6.07) is 7.33. The monoisotopic (exact) mass is 319 g/mol. The summed E-state index contributed by atoms with van der Waals surface area (Å²) in [5.41, 5.74) is 1.01. The number of nitrogens with one attached hydrogen (secondary N) is 2. The third-order valence-corrected chi connectivity index (χ3v) is 3.85. The third kappa shape index (κ3) is 5.56. The van der Waals surface area contributed by atoms with E-state index in [1.54, 1.807) is 30.9 Å². The van der Waals surface area contributed by atoms with E-state index in [-0.39, 0.29) is 11.9 Å². The molecule has 0 saturated carbocycles. The topological polar surface area (TPSA) is 81.7 Å². The van der Waals surface area contributed by atoms with Gasteiger partial charge < -0.3 is 20.6 Å². The molecule has 0 atom stereocenters. The first-order chi connectivity index (χ1) is 10.8. The first-order valence-corrected chi connectivity index (χ1v) is 7.97. The number of benzene rings is 1. The predicted octanol–water partition coefficient (Wildman–Crippen LogP) is 1.15. The molecule has 0 spiro atoms. The summed E-state index contributed by atoms with van der Waals surface area (Å²) in [6.45, 7) is 5.88. The van der Waals surface area contributed by atoms with Gasteiger partial charge in [-0.3, -0.25) is 4.79 Å². The van der Waals surface area contributed by atoms with E-state index in [0.29, 0.717) is 38.2 Å². The highest BCUT2D eigenvalue weighted by atomic mass is 16.3. The lowest BCUT2D eigenvalue weighted by atomic mass is 9.98. The van der Waals surface area contributed by atoms with Crippen LogP contribution in [0.4, 0.5) is 4.79 Å². The molecule has 6 heteroatoms. The van der Waals surface area contributed by atoms with E-state index in [9.17, 15) is 14.7 Å². The van der Waals surface area contributed by atoms with Gasteiger partial charge in [0.15, 0.2) is 0 Å². The van der Waals surface area contributed by atoms with Crippen LogP contribution in [-0.2, 0) is 6.42 Å². The lowest BCUT2D eigenvalue weighted by molar-refractivity contribution is 0.0713. The number of carbonyl (C=O) groups excluding carboxylic acids is 2. The highest BCUT2D eigenvalue weighted by molar-refractivity contribution is 5.94. The summed E-state index contributed by atoms with van der Waals surface area (Å²) in [7, 11) is 0. The molecule has 0 unspecified atom stereocenters. The predicted molar refractivity (Wildman–Crippen MR) is 88.4 cm³/mol. The maximum atomic E-state index is 12.1. The average molecular weight is 319 g/mol. The zero-order chi connectivity index (χ0) is 16.9. The minimum atomic E-state index is -0.683. The summed E-state index contributed by atoms with van der Waals surface area (Å²) >= 11 is 0. The molecule has 1 aliphatic rings. The van der Waals surface area contributed by atoms with Gasteiger partial charge in [-0.1, -0.05) is 12.1 Å². The number of aryl methyl sites for hydroxylation is 1. The van der Waals surface area contributed by atoms with Gasteiger partial charge in [-0.15, -0.1) is 0 Å². The number of hydrogen-bond acceptors (Lipinski definition) is 3. The Morgan fingerprint density at radius 3 is 2.61 bits per heavy atom. The van der Waals surface area contributed by atoms with Crippen LogP contribution in [0.3, 0.4) is 0 Å². The summed E-state index contributed by atoms with van der Waals surface area (Å²) in [6.07, 6.45) is 1.45. The van der Waals surface area contributed by atoms with Crippen molar-refractivity contribution in [1.82, 2.24) is 15.5 Å². The Bertz CT molecular complexity index is 549. The molecule has 3 N–H and O–H groups in total. The van der Waals surface area contributed by atoms with Crippen molar-refractivity contribution in [2.45, 2.75) is 32.3 Å². The van der Waals surface area contributed by atoms with Gasteiger partial charge in [0, 0.05) is 31.7 Å². The number of hydrogen-bond donors (Lipinski definition) is 3. The van der Waals surface area contributed by atoms with Gasteiger partial charge in [0.25, 0.3) is 5.91 Å². The van der Waals surface area contributed by atoms with Crippen molar-refractivity contribution in [2.24, 2.45) is 0 Å². The Kier molecular flexibility index (Phi) is 5.60. The molecule has 1 aliphatic heterocycles. The molecular weight excluding hydrogens is 294 g/mol.